The number of benzene rings is 1. The molecule has 0 aliphatic carbocycles. The first-order valence-electron chi connectivity index (χ1n) is 11.5. The Bertz CT molecular complexity index is 666. The van der Waals surface area contributed by atoms with Gasteiger partial charge in [0.05, 0.1) is 18.2 Å². The van der Waals surface area contributed by atoms with E-state index >= 15 is 0 Å². The van der Waals surface area contributed by atoms with Gasteiger partial charge in [-0.2, -0.15) is 0 Å². The van der Waals surface area contributed by atoms with Crippen LogP contribution in [0.3, 0.4) is 0 Å². The Morgan fingerprint density at radius 2 is 1.27 bits per heavy atom. The summed E-state index contributed by atoms with van der Waals surface area (Å²) in [6, 6.07) is 9.08. The van der Waals surface area contributed by atoms with Crippen LogP contribution in [0.4, 0.5) is 0 Å². The van der Waals surface area contributed by atoms with Crippen LogP contribution >= 0.6 is 0 Å². The molecule has 2 N–H and O–H groups in total. The van der Waals surface area contributed by atoms with Crippen molar-refractivity contribution in [1.82, 2.24) is 9.80 Å². The summed E-state index contributed by atoms with van der Waals surface area (Å²) in [5.74, 6) is 0. The van der Waals surface area contributed by atoms with E-state index in [-0.39, 0.29) is 28.1 Å². The van der Waals surface area contributed by atoms with Crippen LogP contribution in [0.25, 0.3) is 0 Å². The maximum Gasteiger partial charge on any atom is 0.0876 e. The quantitative estimate of drug-likeness (QED) is 0.725. The third-order valence-corrected chi connectivity index (χ3v) is 6.61. The Morgan fingerprint density at radius 1 is 0.800 bits per heavy atom. The van der Waals surface area contributed by atoms with E-state index in [0.717, 1.165) is 26.2 Å². The van der Waals surface area contributed by atoms with Gasteiger partial charge in [-0.1, -0.05) is 45.0 Å². The van der Waals surface area contributed by atoms with E-state index in [9.17, 15) is 0 Å². The molecule has 172 valence electrons. The lowest BCUT2D eigenvalue weighted by Crippen LogP contribution is -2.63. The van der Waals surface area contributed by atoms with Gasteiger partial charge in [-0.3, -0.25) is 9.80 Å². The van der Waals surface area contributed by atoms with Crippen LogP contribution in [-0.2, 0) is 15.8 Å². The van der Waals surface area contributed by atoms with Crippen molar-refractivity contribution in [3.05, 3.63) is 35.4 Å². The van der Waals surface area contributed by atoms with Gasteiger partial charge in [-0.25, -0.2) is 0 Å². The molecule has 0 bridgehead atoms. The SMILES string of the molecule is CC(C)(C)c1ccc(C(C)(C)OCC(N2CCN(C(C)(C)C)CC2)C(C)(C)N)cc1. The van der Waals surface area contributed by atoms with E-state index in [1.165, 1.54) is 11.1 Å². The Morgan fingerprint density at radius 3 is 1.67 bits per heavy atom. The summed E-state index contributed by atoms with van der Waals surface area (Å²) in [5.41, 5.74) is 8.89. The molecular formula is C26H47N3O. The van der Waals surface area contributed by atoms with Crippen LogP contribution in [0.5, 0.6) is 0 Å². The van der Waals surface area contributed by atoms with Crippen LogP contribution in [0, 0.1) is 0 Å². The van der Waals surface area contributed by atoms with E-state index < -0.39 is 0 Å². The molecule has 0 radical (unpaired) electrons. The summed E-state index contributed by atoms with van der Waals surface area (Å²) in [5, 5.41) is 0. The zero-order valence-corrected chi connectivity index (χ0v) is 21.3. The summed E-state index contributed by atoms with van der Waals surface area (Å²) in [6.45, 7) is 27.1. The minimum Gasteiger partial charge on any atom is -0.369 e. The molecule has 4 heteroatoms. The number of hydrogen-bond acceptors (Lipinski definition) is 4. The first kappa shape index (κ1) is 25.3. The fourth-order valence-electron chi connectivity index (χ4n) is 4.24. The molecule has 0 spiro atoms. The average Bonchev–Trinajstić information content (AvgIpc) is 2.59. The summed E-state index contributed by atoms with van der Waals surface area (Å²) in [7, 11) is 0. The van der Waals surface area contributed by atoms with E-state index in [4.69, 9.17) is 10.5 Å². The molecule has 1 saturated heterocycles. The van der Waals surface area contributed by atoms with Crippen LogP contribution in [-0.4, -0.2) is 59.7 Å². The molecule has 1 aliphatic heterocycles. The minimum absolute atomic E-state index is 0.160. The van der Waals surface area contributed by atoms with Crippen molar-refractivity contribution in [3.8, 4) is 0 Å². The van der Waals surface area contributed by atoms with Gasteiger partial charge < -0.3 is 10.5 Å². The molecule has 1 aromatic rings. The third-order valence-electron chi connectivity index (χ3n) is 6.61. The summed E-state index contributed by atoms with van der Waals surface area (Å²) in [6.07, 6.45) is 0. The van der Waals surface area contributed by atoms with Crippen molar-refractivity contribution < 1.29 is 4.74 Å². The predicted molar refractivity (Wildman–Crippen MR) is 129 cm³/mol. The van der Waals surface area contributed by atoms with E-state index in [0.29, 0.717) is 6.61 Å². The fourth-order valence-corrected chi connectivity index (χ4v) is 4.24. The highest BCUT2D eigenvalue weighted by atomic mass is 16.5. The van der Waals surface area contributed by atoms with Crippen molar-refractivity contribution >= 4 is 0 Å². The highest BCUT2D eigenvalue weighted by molar-refractivity contribution is 5.30. The van der Waals surface area contributed by atoms with Gasteiger partial charge in [0.1, 0.15) is 0 Å². The summed E-state index contributed by atoms with van der Waals surface area (Å²) in [4.78, 5) is 5.09. The number of piperazine rings is 1. The molecule has 30 heavy (non-hydrogen) atoms. The number of rotatable bonds is 6. The van der Waals surface area contributed by atoms with Crippen LogP contribution in [0.2, 0.25) is 0 Å². The maximum absolute atomic E-state index is 6.63. The predicted octanol–water partition coefficient (Wildman–Crippen LogP) is 4.76. The van der Waals surface area contributed by atoms with Crippen molar-refractivity contribution in [2.45, 2.75) is 97.4 Å². The van der Waals surface area contributed by atoms with Gasteiger partial charge >= 0.3 is 0 Å². The Labute approximate surface area is 186 Å². The zero-order valence-electron chi connectivity index (χ0n) is 21.3. The van der Waals surface area contributed by atoms with Crippen LogP contribution < -0.4 is 5.73 Å². The number of hydrogen-bond donors (Lipinski definition) is 1. The van der Waals surface area contributed by atoms with Crippen molar-refractivity contribution in [1.29, 1.82) is 0 Å². The number of nitrogens with zero attached hydrogens (tertiary/aromatic N) is 2. The molecule has 4 nitrogen and oxygen atoms in total. The molecule has 1 heterocycles. The summed E-state index contributed by atoms with van der Waals surface area (Å²) < 4.78 is 6.54. The average molecular weight is 418 g/mol. The van der Waals surface area contributed by atoms with Crippen molar-refractivity contribution in [2.75, 3.05) is 32.8 Å². The van der Waals surface area contributed by atoms with Gasteiger partial charge in [-0.05, 0) is 65.0 Å². The fraction of sp³-hybridized carbons (Fsp3) is 0.769. The number of ether oxygens (including phenoxy) is 1. The first-order chi connectivity index (χ1) is 13.5. The molecule has 1 fully saturated rings. The van der Waals surface area contributed by atoms with Gasteiger partial charge in [0.2, 0.25) is 0 Å². The Hall–Kier alpha value is -0.940. The molecule has 0 saturated carbocycles. The Balaban J connectivity index is 2.07. The molecule has 1 aliphatic rings. The van der Waals surface area contributed by atoms with Gasteiger partial charge in [0.25, 0.3) is 0 Å². The van der Waals surface area contributed by atoms with Crippen molar-refractivity contribution in [3.63, 3.8) is 0 Å². The molecule has 1 atom stereocenters. The minimum atomic E-state index is -0.354. The normalized spacial score (nSPS) is 19.2. The highest BCUT2D eigenvalue weighted by Crippen LogP contribution is 2.30. The second-order valence-electron chi connectivity index (χ2n) is 12.2. The van der Waals surface area contributed by atoms with Gasteiger partial charge in [0, 0.05) is 37.3 Å². The highest BCUT2D eigenvalue weighted by Gasteiger charge is 2.36. The third kappa shape index (κ3) is 6.53. The van der Waals surface area contributed by atoms with Crippen LogP contribution in [0.1, 0.15) is 80.4 Å². The smallest absolute Gasteiger partial charge is 0.0876 e. The molecular weight excluding hydrogens is 370 g/mol. The van der Waals surface area contributed by atoms with E-state index in [1.54, 1.807) is 0 Å². The second kappa shape index (κ2) is 8.90. The maximum atomic E-state index is 6.63. The van der Waals surface area contributed by atoms with E-state index in [1.807, 2.05) is 0 Å². The van der Waals surface area contributed by atoms with Crippen molar-refractivity contribution in [2.24, 2.45) is 5.73 Å². The lowest BCUT2D eigenvalue weighted by atomic mass is 9.85. The molecule has 2 rings (SSSR count). The monoisotopic (exact) mass is 417 g/mol. The number of nitrogens with two attached hydrogens (primary N) is 1. The lowest BCUT2D eigenvalue weighted by molar-refractivity contribution is -0.0729. The largest absolute Gasteiger partial charge is 0.369 e. The summed E-state index contributed by atoms with van der Waals surface area (Å²) >= 11 is 0. The van der Waals surface area contributed by atoms with Gasteiger partial charge in [-0.15, -0.1) is 0 Å². The Kier molecular flexibility index (Phi) is 7.51. The van der Waals surface area contributed by atoms with Gasteiger partial charge in [0.15, 0.2) is 0 Å². The standard InChI is InChI=1S/C26H47N3O/c1-23(2,3)20-11-13-21(14-12-20)26(9,10)30-19-22(25(7,8)27)28-15-17-29(18-16-28)24(4,5)6/h11-14,22H,15-19,27H2,1-10H3. The lowest BCUT2D eigenvalue weighted by Gasteiger charge is -2.48. The molecule has 0 amide bonds. The zero-order chi connectivity index (χ0) is 23.0. The first-order valence-corrected chi connectivity index (χ1v) is 11.5. The van der Waals surface area contributed by atoms with Crippen LogP contribution in [0.15, 0.2) is 24.3 Å². The van der Waals surface area contributed by atoms with E-state index in [2.05, 4.69) is 103 Å². The molecule has 1 unspecified atom stereocenters. The molecule has 1 aromatic carbocycles. The second-order valence-corrected chi connectivity index (χ2v) is 12.2. The topological polar surface area (TPSA) is 41.7 Å². The molecule has 0 aromatic heterocycles.